The van der Waals surface area contributed by atoms with E-state index in [2.05, 4.69) is 37.1 Å². The van der Waals surface area contributed by atoms with Crippen LogP contribution in [0, 0.1) is 12.8 Å². The standard InChI is InChI=1S/C18H20N6/c1-14-10-22-24(11-14)18-9-17(20-13-21-18)23-7-5-15(12-23)8-16-4-2-3-6-19-16/h2-4,6,9-11,13,15H,5,7-8,12H2,1H3. The quantitative estimate of drug-likeness (QED) is 0.739. The van der Waals surface area contributed by atoms with Crippen molar-refractivity contribution in [3.05, 3.63) is 60.4 Å². The first-order valence-electron chi connectivity index (χ1n) is 8.26. The van der Waals surface area contributed by atoms with Crippen LogP contribution in [-0.4, -0.2) is 37.8 Å². The maximum absolute atomic E-state index is 4.45. The highest BCUT2D eigenvalue weighted by molar-refractivity contribution is 5.44. The lowest BCUT2D eigenvalue weighted by Crippen LogP contribution is -2.22. The van der Waals surface area contributed by atoms with E-state index in [4.69, 9.17) is 0 Å². The minimum Gasteiger partial charge on any atom is -0.356 e. The number of nitrogens with zero attached hydrogens (tertiary/aromatic N) is 6. The minimum absolute atomic E-state index is 0.616. The molecule has 6 nitrogen and oxygen atoms in total. The lowest BCUT2D eigenvalue weighted by atomic mass is 10.0. The van der Waals surface area contributed by atoms with Crippen LogP contribution in [0.15, 0.2) is 49.2 Å². The topological polar surface area (TPSA) is 59.7 Å². The summed E-state index contributed by atoms with van der Waals surface area (Å²) in [6.45, 7) is 4.05. The average Bonchev–Trinajstić information content (AvgIpc) is 3.25. The van der Waals surface area contributed by atoms with Gasteiger partial charge in [-0.05, 0) is 43.4 Å². The largest absolute Gasteiger partial charge is 0.356 e. The fourth-order valence-corrected chi connectivity index (χ4v) is 3.20. The van der Waals surface area contributed by atoms with Crippen molar-refractivity contribution in [3.8, 4) is 5.82 Å². The lowest BCUT2D eigenvalue weighted by molar-refractivity contribution is 0.577. The Balaban J connectivity index is 1.47. The zero-order valence-electron chi connectivity index (χ0n) is 13.7. The highest BCUT2D eigenvalue weighted by Gasteiger charge is 2.24. The number of hydrogen-bond acceptors (Lipinski definition) is 5. The Morgan fingerprint density at radius 1 is 1.17 bits per heavy atom. The van der Waals surface area contributed by atoms with Crippen LogP contribution in [0.2, 0.25) is 0 Å². The molecule has 0 saturated carbocycles. The molecule has 122 valence electrons. The van der Waals surface area contributed by atoms with Crippen molar-refractivity contribution in [3.63, 3.8) is 0 Å². The molecule has 3 aromatic rings. The molecule has 0 amide bonds. The molecule has 3 aromatic heterocycles. The molecule has 1 aliphatic rings. The van der Waals surface area contributed by atoms with Gasteiger partial charge in [0.15, 0.2) is 5.82 Å². The zero-order chi connectivity index (χ0) is 16.4. The summed E-state index contributed by atoms with van der Waals surface area (Å²) in [5.41, 5.74) is 2.28. The van der Waals surface area contributed by atoms with Gasteiger partial charge in [0.2, 0.25) is 0 Å². The van der Waals surface area contributed by atoms with E-state index in [1.807, 2.05) is 37.6 Å². The van der Waals surface area contributed by atoms with Gasteiger partial charge in [0.05, 0.1) is 6.20 Å². The van der Waals surface area contributed by atoms with Gasteiger partial charge >= 0.3 is 0 Å². The number of hydrogen-bond donors (Lipinski definition) is 0. The zero-order valence-corrected chi connectivity index (χ0v) is 13.7. The van der Waals surface area contributed by atoms with Crippen molar-refractivity contribution >= 4 is 5.82 Å². The smallest absolute Gasteiger partial charge is 0.158 e. The molecular formula is C18H20N6. The Labute approximate surface area is 141 Å². The number of anilines is 1. The highest BCUT2D eigenvalue weighted by atomic mass is 15.3. The normalized spacial score (nSPS) is 17.4. The van der Waals surface area contributed by atoms with E-state index in [1.54, 1.807) is 11.0 Å². The van der Waals surface area contributed by atoms with Crippen LogP contribution in [0.25, 0.3) is 5.82 Å². The van der Waals surface area contributed by atoms with Gasteiger partial charge in [-0.2, -0.15) is 5.10 Å². The first-order valence-corrected chi connectivity index (χ1v) is 8.26. The molecule has 0 bridgehead atoms. The summed E-state index contributed by atoms with van der Waals surface area (Å²) in [6.07, 6.45) is 9.48. The first-order chi connectivity index (χ1) is 11.8. The van der Waals surface area contributed by atoms with E-state index in [9.17, 15) is 0 Å². The number of aromatic nitrogens is 5. The van der Waals surface area contributed by atoms with Gasteiger partial charge in [-0.15, -0.1) is 0 Å². The molecule has 1 atom stereocenters. The fourth-order valence-electron chi connectivity index (χ4n) is 3.20. The summed E-state index contributed by atoms with van der Waals surface area (Å²) in [5, 5.41) is 4.32. The molecule has 1 unspecified atom stereocenters. The van der Waals surface area contributed by atoms with E-state index < -0.39 is 0 Å². The molecule has 24 heavy (non-hydrogen) atoms. The molecule has 0 N–H and O–H groups in total. The molecular weight excluding hydrogens is 300 g/mol. The third-order valence-electron chi connectivity index (χ3n) is 4.42. The van der Waals surface area contributed by atoms with Crippen LogP contribution in [0.4, 0.5) is 5.82 Å². The molecule has 6 heteroatoms. The van der Waals surface area contributed by atoms with Gasteiger partial charge in [0.25, 0.3) is 0 Å². The van der Waals surface area contributed by atoms with Crippen LogP contribution in [0.5, 0.6) is 0 Å². The van der Waals surface area contributed by atoms with Gasteiger partial charge in [-0.25, -0.2) is 14.6 Å². The van der Waals surface area contributed by atoms with Crippen molar-refractivity contribution < 1.29 is 0 Å². The van der Waals surface area contributed by atoms with Gasteiger partial charge < -0.3 is 4.90 Å². The van der Waals surface area contributed by atoms with E-state index in [0.717, 1.165) is 43.1 Å². The van der Waals surface area contributed by atoms with Crippen molar-refractivity contribution in [2.45, 2.75) is 19.8 Å². The molecule has 0 spiro atoms. The Hall–Kier alpha value is -2.76. The molecule has 0 aromatic carbocycles. The molecule has 1 saturated heterocycles. The maximum Gasteiger partial charge on any atom is 0.158 e. The third-order valence-corrected chi connectivity index (χ3v) is 4.42. The summed E-state index contributed by atoms with van der Waals surface area (Å²) in [7, 11) is 0. The minimum atomic E-state index is 0.616. The first kappa shape index (κ1) is 14.8. The summed E-state index contributed by atoms with van der Waals surface area (Å²) < 4.78 is 1.79. The van der Waals surface area contributed by atoms with Crippen molar-refractivity contribution in [2.24, 2.45) is 5.92 Å². The van der Waals surface area contributed by atoms with E-state index in [1.165, 1.54) is 5.69 Å². The lowest BCUT2D eigenvalue weighted by Gasteiger charge is -2.17. The molecule has 0 aliphatic carbocycles. The molecule has 4 rings (SSSR count). The van der Waals surface area contributed by atoms with E-state index in [-0.39, 0.29) is 0 Å². The fraction of sp³-hybridized carbons (Fsp3) is 0.333. The van der Waals surface area contributed by atoms with Gasteiger partial charge in [0, 0.05) is 37.2 Å². The summed E-state index contributed by atoms with van der Waals surface area (Å²) in [5.74, 6) is 2.39. The van der Waals surface area contributed by atoms with Crippen molar-refractivity contribution in [1.82, 2.24) is 24.7 Å². The van der Waals surface area contributed by atoms with Crippen molar-refractivity contribution in [1.29, 1.82) is 0 Å². The predicted octanol–water partition coefficient (Wildman–Crippen LogP) is 2.43. The molecule has 0 radical (unpaired) electrons. The summed E-state index contributed by atoms with van der Waals surface area (Å²) in [4.78, 5) is 15.6. The van der Waals surface area contributed by atoms with Crippen LogP contribution < -0.4 is 4.90 Å². The van der Waals surface area contributed by atoms with E-state index >= 15 is 0 Å². The van der Waals surface area contributed by atoms with Crippen LogP contribution >= 0.6 is 0 Å². The SMILES string of the molecule is Cc1cnn(-c2cc(N3CCC(Cc4ccccn4)C3)ncn2)c1. The monoisotopic (exact) mass is 320 g/mol. The third kappa shape index (κ3) is 3.13. The predicted molar refractivity (Wildman–Crippen MR) is 92.2 cm³/mol. The van der Waals surface area contributed by atoms with Crippen LogP contribution in [-0.2, 0) is 6.42 Å². The van der Waals surface area contributed by atoms with Crippen LogP contribution in [0.3, 0.4) is 0 Å². The van der Waals surface area contributed by atoms with Crippen molar-refractivity contribution in [2.75, 3.05) is 18.0 Å². The van der Waals surface area contributed by atoms with Gasteiger partial charge in [0.1, 0.15) is 12.1 Å². The average molecular weight is 320 g/mol. The maximum atomic E-state index is 4.45. The Morgan fingerprint density at radius 3 is 2.88 bits per heavy atom. The second-order valence-corrected chi connectivity index (χ2v) is 6.32. The Morgan fingerprint density at radius 2 is 2.08 bits per heavy atom. The Kier molecular flexibility index (Phi) is 3.94. The van der Waals surface area contributed by atoms with Gasteiger partial charge in [-0.1, -0.05) is 6.07 Å². The second-order valence-electron chi connectivity index (χ2n) is 6.32. The van der Waals surface area contributed by atoms with E-state index in [0.29, 0.717) is 5.92 Å². The number of pyridine rings is 1. The van der Waals surface area contributed by atoms with Crippen LogP contribution in [0.1, 0.15) is 17.7 Å². The summed E-state index contributed by atoms with van der Waals surface area (Å²) in [6, 6.07) is 8.13. The summed E-state index contributed by atoms with van der Waals surface area (Å²) >= 11 is 0. The number of aryl methyl sites for hydroxylation is 1. The molecule has 1 fully saturated rings. The highest BCUT2D eigenvalue weighted by Crippen LogP contribution is 2.25. The Bertz CT molecular complexity index is 813. The second kappa shape index (κ2) is 6.39. The van der Waals surface area contributed by atoms with Gasteiger partial charge in [-0.3, -0.25) is 4.98 Å². The molecule has 1 aliphatic heterocycles. The molecule has 4 heterocycles. The number of rotatable bonds is 4.